The first-order valence-electron chi connectivity index (χ1n) is 5.34. The summed E-state index contributed by atoms with van der Waals surface area (Å²) >= 11 is 0. The molecule has 0 fully saturated rings. The quantitative estimate of drug-likeness (QED) is 0.828. The Morgan fingerprint density at radius 2 is 2.06 bits per heavy atom. The summed E-state index contributed by atoms with van der Waals surface area (Å²) in [6.07, 6.45) is 3.46. The van der Waals surface area contributed by atoms with Gasteiger partial charge in [-0.2, -0.15) is 0 Å². The van der Waals surface area contributed by atoms with E-state index in [1.54, 1.807) is 18.5 Å². The minimum Gasteiger partial charge on any atom is -0.381 e. The average Bonchev–Trinajstić information content (AvgIpc) is 2.27. The molecule has 0 radical (unpaired) electrons. The van der Waals surface area contributed by atoms with E-state index in [0.717, 1.165) is 10.8 Å². The fourth-order valence-corrected chi connectivity index (χ4v) is 1.45. The molecule has 1 aromatic carbocycles. The van der Waals surface area contributed by atoms with Crippen molar-refractivity contribution >= 4 is 22.4 Å². The topological polar surface area (TPSA) is 62.2 Å². The van der Waals surface area contributed by atoms with E-state index in [1.807, 2.05) is 18.2 Å². The van der Waals surface area contributed by atoms with Crippen LogP contribution in [0, 0.1) is 0 Å². The number of fused-ring (bicyclic) bond motifs is 1. The maximum absolute atomic E-state index is 11.6. The summed E-state index contributed by atoms with van der Waals surface area (Å²) in [5, 5.41) is 14.2. The second-order valence-electron chi connectivity index (χ2n) is 4.45. The van der Waals surface area contributed by atoms with Crippen molar-refractivity contribution < 1.29 is 9.90 Å². The van der Waals surface area contributed by atoms with E-state index in [4.69, 9.17) is 0 Å². The first-order valence-corrected chi connectivity index (χ1v) is 5.34. The highest BCUT2D eigenvalue weighted by Crippen LogP contribution is 2.18. The number of hydrogen-bond acceptors (Lipinski definition) is 3. The van der Waals surface area contributed by atoms with E-state index < -0.39 is 11.5 Å². The molecule has 0 saturated heterocycles. The van der Waals surface area contributed by atoms with Crippen molar-refractivity contribution in [3.63, 3.8) is 0 Å². The zero-order valence-electron chi connectivity index (χ0n) is 9.77. The number of pyridine rings is 1. The number of carbonyl (C=O) groups excluding carboxylic acids is 1. The van der Waals surface area contributed by atoms with Gasteiger partial charge >= 0.3 is 0 Å². The van der Waals surface area contributed by atoms with Gasteiger partial charge in [0.1, 0.15) is 5.60 Å². The number of benzene rings is 1. The van der Waals surface area contributed by atoms with Gasteiger partial charge in [-0.25, -0.2) is 0 Å². The molecule has 0 aliphatic rings. The first-order chi connectivity index (χ1) is 7.97. The third-order valence-electron chi connectivity index (χ3n) is 2.45. The fourth-order valence-electron chi connectivity index (χ4n) is 1.45. The van der Waals surface area contributed by atoms with Crippen LogP contribution < -0.4 is 5.32 Å². The third kappa shape index (κ3) is 2.60. The highest BCUT2D eigenvalue weighted by molar-refractivity contribution is 5.98. The van der Waals surface area contributed by atoms with Crippen molar-refractivity contribution in [1.82, 2.24) is 4.98 Å². The Hall–Kier alpha value is -1.94. The number of hydrogen-bond donors (Lipinski definition) is 2. The Morgan fingerprint density at radius 3 is 2.76 bits per heavy atom. The van der Waals surface area contributed by atoms with Crippen molar-refractivity contribution in [1.29, 1.82) is 0 Å². The number of aromatic nitrogens is 1. The van der Waals surface area contributed by atoms with Crippen LogP contribution in [0.25, 0.3) is 10.8 Å². The number of amides is 1. The zero-order valence-corrected chi connectivity index (χ0v) is 9.77. The van der Waals surface area contributed by atoms with Crippen molar-refractivity contribution in [2.45, 2.75) is 19.4 Å². The number of aliphatic hydroxyl groups is 1. The summed E-state index contributed by atoms with van der Waals surface area (Å²) in [4.78, 5) is 15.6. The number of carbonyl (C=O) groups is 1. The summed E-state index contributed by atoms with van der Waals surface area (Å²) < 4.78 is 0. The lowest BCUT2D eigenvalue weighted by Crippen LogP contribution is -2.36. The third-order valence-corrected chi connectivity index (χ3v) is 2.45. The molecule has 1 heterocycles. The molecule has 2 rings (SSSR count). The molecule has 2 aromatic rings. The molecule has 0 aliphatic carbocycles. The summed E-state index contributed by atoms with van der Waals surface area (Å²) in [6, 6.07) is 7.38. The van der Waals surface area contributed by atoms with E-state index in [2.05, 4.69) is 10.3 Å². The summed E-state index contributed by atoms with van der Waals surface area (Å²) in [6.45, 7) is 2.90. The Labute approximate surface area is 99.3 Å². The molecular weight excluding hydrogens is 216 g/mol. The standard InChI is InChI=1S/C13H14N2O2/c1-13(2,17)12(16)15-11-4-3-10-8-14-6-5-9(10)7-11/h3-8,17H,1-2H3,(H,15,16). The lowest BCUT2D eigenvalue weighted by Gasteiger charge is -2.16. The summed E-state index contributed by atoms with van der Waals surface area (Å²) in [5.74, 6) is -0.425. The molecule has 17 heavy (non-hydrogen) atoms. The number of nitrogens with one attached hydrogen (secondary N) is 1. The second kappa shape index (κ2) is 4.14. The van der Waals surface area contributed by atoms with E-state index in [1.165, 1.54) is 13.8 Å². The SMILES string of the molecule is CC(C)(O)C(=O)Nc1ccc2cnccc2c1. The van der Waals surface area contributed by atoms with Gasteiger partial charge in [0.25, 0.3) is 5.91 Å². The molecular formula is C13H14N2O2. The van der Waals surface area contributed by atoms with Gasteiger partial charge in [0.05, 0.1) is 0 Å². The van der Waals surface area contributed by atoms with Crippen molar-refractivity contribution in [3.05, 3.63) is 36.7 Å². The van der Waals surface area contributed by atoms with Crippen LogP contribution in [0.5, 0.6) is 0 Å². The van der Waals surface area contributed by atoms with Crippen LogP contribution in [0.1, 0.15) is 13.8 Å². The largest absolute Gasteiger partial charge is 0.381 e. The molecule has 0 saturated carbocycles. The minimum atomic E-state index is -1.38. The smallest absolute Gasteiger partial charge is 0.255 e. The lowest BCUT2D eigenvalue weighted by molar-refractivity contribution is -0.130. The van der Waals surface area contributed by atoms with Gasteiger partial charge in [0.2, 0.25) is 0 Å². The fraction of sp³-hybridized carbons (Fsp3) is 0.231. The van der Waals surface area contributed by atoms with Gasteiger partial charge in [-0.3, -0.25) is 9.78 Å². The van der Waals surface area contributed by atoms with Gasteiger partial charge in [0, 0.05) is 23.5 Å². The molecule has 1 amide bonds. The molecule has 4 heteroatoms. The number of anilines is 1. The molecule has 4 nitrogen and oxygen atoms in total. The summed E-state index contributed by atoms with van der Waals surface area (Å²) in [5.41, 5.74) is -0.719. The average molecular weight is 230 g/mol. The maximum Gasteiger partial charge on any atom is 0.255 e. The Morgan fingerprint density at radius 1 is 1.29 bits per heavy atom. The molecule has 0 spiro atoms. The van der Waals surface area contributed by atoms with E-state index in [0.29, 0.717) is 5.69 Å². The van der Waals surface area contributed by atoms with Gasteiger partial charge < -0.3 is 10.4 Å². The summed E-state index contributed by atoms with van der Waals surface area (Å²) in [7, 11) is 0. The second-order valence-corrected chi connectivity index (χ2v) is 4.45. The molecule has 0 unspecified atom stereocenters. The van der Waals surface area contributed by atoms with E-state index >= 15 is 0 Å². The maximum atomic E-state index is 11.6. The van der Waals surface area contributed by atoms with Gasteiger partial charge in [-0.05, 0) is 37.4 Å². The van der Waals surface area contributed by atoms with E-state index in [9.17, 15) is 9.90 Å². The molecule has 0 aliphatic heterocycles. The van der Waals surface area contributed by atoms with Crippen LogP contribution in [0.4, 0.5) is 5.69 Å². The zero-order chi connectivity index (χ0) is 12.5. The van der Waals surface area contributed by atoms with Crippen LogP contribution in [-0.2, 0) is 4.79 Å². The monoisotopic (exact) mass is 230 g/mol. The van der Waals surface area contributed by atoms with Gasteiger partial charge in [-0.1, -0.05) is 6.07 Å². The minimum absolute atomic E-state index is 0.425. The van der Waals surface area contributed by atoms with Crippen LogP contribution in [0.2, 0.25) is 0 Å². The van der Waals surface area contributed by atoms with Gasteiger partial charge in [0.15, 0.2) is 0 Å². The highest BCUT2D eigenvalue weighted by atomic mass is 16.3. The van der Waals surface area contributed by atoms with E-state index in [-0.39, 0.29) is 0 Å². The lowest BCUT2D eigenvalue weighted by atomic mass is 10.1. The molecule has 2 N–H and O–H groups in total. The molecule has 0 atom stereocenters. The van der Waals surface area contributed by atoms with Crippen LogP contribution in [-0.4, -0.2) is 21.6 Å². The highest BCUT2D eigenvalue weighted by Gasteiger charge is 2.23. The molecule has 0 bridgehead atoms. The van der Waals surface area contributed by atoms with Crippen LogP contribution in [0.3, 0.4) is 0 Å². The van der Waals surface area contributed by atoms with Gasteiger partial charge in [-0.15, -0.1) is 0 Å². The Balaban J connectivity index is 2.29. The van der Waals surface area contributed by atoms with Crippen molar-refractivity contribution in [3.8, 4) is 0 Å². The predicted octanol–water partition coefficient (Wildman–Crippen LogP) is 1.94. The Kier molecular flexibility index (Phi) is 2.81. The normalized spacial score (nSPS) is 11.5. The first kappa shape index (κ1) is 11.5. The van der Waals surface area contributed by atoms with Crippen molar-refractivity contribution in [2.75, 3.05) is 5.32 Å². The number of rotatable bonds is 2. The van der Waals surface area contributed by atoms with Crippen LogP contribution >= 0.6 is 0 Å². The molecule has 1 aromatic heterocycles. The Bertz CT molecular complexity index is 559. The van der Waals surface area contributed by atoms with Crippen LogP contribution in [0.15, 0.2) is 36.7 Å². The predicted molar refractivity (Wildman–Crippen MR) is 66.7 cm³/mol. The molecule has 88 valence electrons. The van der Waals surface area contributed by atoms with Crippen molar-refractivity contribution in [2.24, 2.45) is 0 Å². The number of nitrogens with zero attached hydrogens (tertiary/aromatic N) is 1.